The van der Waals surface area contributed by atoms with E-state index in [1.165, 1.54) is 11.8 Å². The van der Waals surface area contributed by atoms with Gasteiger partial charge in [-0.15, -0.1) is 10.2 Å². The summed E-state index contributed by atoms with van der Waals surface area (Å²) >= 11 is 7.20. The summed E-state index contributed by atoms with van der Waals surface area (Å²) in [5, 5.41) is 17.8. The summed E-state index contributed by atoms with van der Waals surface area (Å²) in [6, 6.07) is 20.2. The Bertz CT molecular complexity index is 1320. The molecule has 2 N–H and O–H groups in total. The smallest absolute Gasteiger partial charge is 0.251 e. The minimum Gasteiger partial charge on any atom is -0.342 e. The summed E-state index contributed by atoms with van der Waals surface area (Å²) in [5.74, 6) is 0.467. The average Bonchev–Trinajstić information content (AvgIpc) is 3.26. The fourth-order valence-corrected chi connectivity index (χ4v) is 4.50. The number of amides is 2. The molecule has 3 aromatic carbocycles. The predicted molar refractivity (Wildman–Crippen MR) is 136 cm³/mol. The summed E-state index contributed by atoms with van der Waals surface area (Å²) in [5.41, 5.74) is 1.26. The lowest BCUT2D eigenvalue weighted by Gasteiger charge is -2.15. The third-order valence-electron chi connectivity index (χ3n) is 5.27. The Kier molecular flexibility index (Phi) is 7.49. The molecule has 174 valence electrons. The molecule has 4 aromatic rings. The number of hydrogen-bond donors (Lipinski definition) is 2. The lowest BCUT2D eigenvalue weighted by Crippen LogP contribution is -2.28. The SMILES string of the molecule is CCn1c(SCC(=O)Nc2ccc3ccccc3c2)nnc1[C@H](C)NC(=O)c1ccc(Cl)cc1. The fraction of sp³-hybridized carbons (Fsp3) is 0.200. The lowest BCUT2D eigenvalue weighted by molar-refractivity contribution is -0.113. The molecule has 0 radical (unpaired) electrons. The average molecular weight is 494 g/mol. The minimum absolute atomic E-state index is 0.128. The minimum atomic E-state index is -0.364. The van der Waals surface area contributed by atoms with Crippen molar-refractivity contribution in [1.82, 2.24) is 20.1 Å². The molecule has 0 saturated heterocycles. The van der Waals surface area contributed by atoms with E-state index >= 15 is 0 Å². The molecule has 1 atom stereocenters. The van der Waals surface area contributed by atoms with Gasteiger partial charge in [-0.2, -0.15) is 0 Å². The van der Waals surface area contributed by atoms with Crippen LogP contribution in [-0.2, 0) is 11.3 Å². The lowest BCUT2D eigenvalue weighted by atomic mass is 10.1. The second kappa shape index (κ2) is 10.7. The number of nitrogens with one attached hydrogen (secondary N) is 2. The van der Waals surface area contributed by atoms with E-state index in [-0.39, 0.29) is 23.6 Å². The molecule has 1 heterocycles. The van der Waals surface area contributed by atoms with Gasteiger partial charge in [0.2, 0.25) is 5.91 Å². The van der Waals surface area contributed by atoms with Gasteiger partial charge in [0.15, 0.2) is 11.0 Å². The molecule has 1 aromatic heterocycles. The first-order chi connectivity index (χ1) is 16.4. The summed E-state index contributed by atoms with van der Waals surface area (Å²) in [4.78, 5) is 25.1. The third kappa shape index (κ3) is 5.58. The second-order valence-corrected chi connectivity index (χ2v) is 9.06. The summed E-state index contributed by atoms with van der Waals surface area (Å²) < 4.78 is 1.90. The zero-order valence-corrected chi connectivity index (χ0v) is 20.4. The number of halogens is 1. The molecule has 0 spiro atoms. The van der Waals surface area contributed by atoms with Crippen LogP contribution in [0.3, 0.4) is 0 Å². The van der Waals surface area contributed by atoms with Gasteiger partial charge in [0, 0.05) is 22.8 Å². The van der Waals surface area contributed by atoms with Gasteiger partial charge in [0.25, 0.3) is 5.91 Å². The highest BCUT2D eigenvalue weighted by atomic mass is 35.5. The van der Waals surface area contributed by atoms with Crippen LogP contribution >= 0.6 is 23.4 Å². The molecular formula is C25H24ClN5O2S. The Labute approximate surface area is 206 Å². The van der Waals surface area contributed by atoms with Crippen molar-refractivity contribution >= 4 is 51.6 Å². The highest BCUT2D eigenvalue weighted by Crippen LogP contribution is 2.23. The van der Waals surface area contributed by atoms with Crippen LogP contribution in [-0.4, -0.2) is 32.3 Å². The Balaban J connectivity index is 1.37. The van der Waals surface area contributed by atoms with Crippen molar-refractivity contribution < 1.29 is 9.59 Å². The molecule has 34 heavy (non-hydrogen) atoms. The highest BCUT2D eigenvalue weighted by molar-refractivity contribution is 7.99. The fourth-order valence-electron chi connectivity index (χ4n) is 3.56. The van der Waals surface area contributed by atoms with Crippen molar-refractivity contribution in [3.05, 3.63) is 83.1 Å². The number of rotatable bonds is 8. The predicted octanol–water partition coefficient (Wildman–Crippen LogP) is 5.33. The van der Waals surface area contributed by atoms with Gasteiger partial charge >= 0.3 is 0 Å². The van der Waals surface area contributed by atoms with E-state index in [1.807, 2.05) is 60.9 Å². The zero-order chi connectivity index (χ0) is 24.1. The molecule has 7 nitrogen and oxygen atoms in total. The molecule has 0 aliphatic heterocycles. The van der Waals surface area contributed by atoms with E-state index in [4.69, 9.17) is 11.6 Å². The molecule has 2 amide bonds. The van der Waals surface area contributed by atoms with E-state index < -0.39 is 0 Å². The van der Waals surface area contributed by atoms with Crippen molar-refractivity contribution in [1.29, 1.82) is 0 Å². The first kappa shape index (κ1) is 23.8. The Morgan fingerprint density at radius 2 is 1.76 bits per heavy atom. The molecule has 9 heteroatoms. The van der Waals surface area contributed by atoms with Crippen LogP contribution in [0.25, 0.3) is 10.8 Å². The molecular weight excluding hydrogens is 470 g/mol. The number of hydrogen-bond acceptors (Lipinski definition) is 5. The van der Waals surface area contributed by atoms with Crippen molar-refractivity contribution in [2.24, 2.45) is 0 Å². The normalized spacial score (nSPS) is 11.9. The largest absolute Gasteiger partial charge is 0.342 e. The van der Waals surface area contributed by atoms with Gasteiger partial charge in [-0.1, -0.05) is 53.7 Å². The first-order valence-corrected chi connectivity index (χ1v) is 12.2. The van der Waals surface area contributed by atoms with E-state index in [0.717, 1.165) is 16.5 Å². The molecule has 0 aliphatic carbocycles. The van der Waals surface area contributed by atoms with Crippen LogP contribution in [0.5, 0.6) is 0 Å². The standard InChI is InChI=1S/C25H24ClN5O2S/c1-3-31-23(16(2)27-24(33)18-8-11-20(26)12-9-18)29-30-25(31)34-15-22(32)28-21-13-10-17-6-4-5-7-19(17)14-21/h4-14,16H,3,15H2,1-2H3,(H,27,33)(H,28,32)/t16-/m0/s1. The summed E-state index contributed by atoms with van der Waals surface area (Å²) in [6.07, 6.45) is 0. The Morgan fingerprint density at radius 3 is 2.50 bits per heavy atom. The third-order valence-corrected chi connectivity index (χ3v) is 6.49. The van der Waals surface area contributed by atoms with Gasteiger partial charge in [0.1, 0.15) is 0 Å². The van der Waals surface area contributed by atoms with E-state index in [0.29, 0.717) is 28.1 Å². The second-order valence-electron chi connectivity index (χ2n) is 7.69. The monoisotopic (exact) mass is 493 g/mol. The maximum Gasteiger partial charge on any atom is 0.251 e. The van der Waals surface area contributed by atoms with Gasteiger partial charge in [-0.3, -0.25) is 9.59 Å². The maximum atomic E-state index is 12.5. The van der Waals surface area contributed by atoms with Crippen LogP contribution in [0.4, 0.5) is 5.69 Å². The van der Waals surface area contributed by atoms with Crippen LogP contribution in [0, 0.1) is 0 Å². The van der Waals surface area contributed by atoms with Gasteiger partial charge in [-0.25, -0.2) is 0 Å². The topological polar surface area (TPSA) is 88.9 Å². The van der Waals surface area contributed by atoms with Crippen molar-refractivity contribution in [3.63, 3.8) is 0 Å². The van der Waals surface area contributed by atoms with E-state index in [9.17, 15) is 9.59 Å². The number of aromatic nitrogens is 3. The van der Waals surface area contributed by atoms with Crippen molar-refractivity contribution in [3.8, 4) is 0 Å². The molecule has 0 saturated carbocycles. The van der Waals surface area contributed by atoms with Crippen LogP contribution in [0.2, 0.25) is 5.02 Å². The summed E-state index contributed by atoms with van der Waals surface area (Å²) in [7, 11) is 0. The first-order valence-electron chi connectivity index (χ1n) is 10.9. The van der Waals surface area contributed by atoms with E-state index in [2.05, 4.69) is 20.8 Å². The number of thioether (sulfide) groups is 1. The molecule has 0 unspecified atom stereocenters. The number of carbonyl (C=O) groups is 2. The number of carbonyl (C=O) groups excluding carboxylic acids is 2. The highest BCUT2D eigenvalue weighted by Gasteiger charge is 2.20. The number of anilines is 1. The number of nitrogens with zero attached hydrogens (tertiary/aromatic N) is 3. The quantitative estimate of drug-likeness (QED) is 0.324. The van der Waals surface area contributed by atoms with Crippen LogP contribution < -0.4 is 10.6 Å². The van der Waals surface area contributed by atoms with Crippen molar-refractivity contribution in [2.45, 2.75) is 31.6 Å². The molecule has 0 fully saturated rings. The Hall–Kier alpha value is -3.36. The van der Waals surface area contributed by atoms with Crippen molar-refractivity contribution in [2.75, 3.05) is 11.1 Å². The maximum absolute atomic E-state index is 12.5. The number of benzene rings is 3. The van der Waals surface area contributed by atoms with Gasteiger partial charge < -0.3 is 15.2 Å². The number of fused-ring (bicyclic) bond motifs is 1. The summed E-state index contributed by atoms with van der Waals surface area (Å²) in [6.45, 7) is 4.43. The van der Waals surface area contributed by atoms with Gasteiger partial charge in [0.05, 0.1) is 11.8 Å². The molecule has 0 bridgehead atoms. The van der Waals surface area contributed by atoms with E-state index in [1.54, 1.807) is 24.3 Å². The molecule has 4 rings (SSSR count). The Morgan fingerprint density at radius 1 is 1.03 bits per heavy atom. The molecule has 0 aliphatic rings. The van der Waals surface area contributed by atoms with Gasteiger partial charge in [-0.05, 0) is 61.0 Å². The van der Waals surface area contributed by atoms with Crippen LogP contribution in [0.15, 0.2) is 71.9 Å². The zero-order valence-electron chi connectivity index (χ0n) is 18.8. The van der Waals surface area contributed by atoms with Crippen LogP contribution in [0.1, 0.15) is 36.1 Å².